The van der Waals surface area contributed by atoms with Crippen molar-refractivity contribution in [1.29, 1.82) is 0 Å². The summed E-state index contributed by atoms with van der Waals surface area (Å²) in [5, 5.41) is 10.0. The van der Waals surface area contributed by atoms with Gasteiger partial charge in [0.05, 0.1) is 10.3 Å². The molecule has 0 bridgehead atoms. The molecule has 11 heteroatoms. The lowest BCUT2D eigenvalue weighted by molar-refractivity contribution is -0.192. The van der Waals surface area contributed by atoms with Crippen molar-refractivity contribution in [3.05, 3.63) is 59.2 Å². The minimum atomic E-state index is -5.08. The molecule has 7 nitrogen and oxygen atoms in total. The molecule has 2 aromatic rings. The molecular formula is C24H27F3N2O5S. The van der Waals surface area contributed by atoms with Gasteiger partial charge in [-0.1, -0.05) is 18.2 Å². The van der Waals surface area contributed by atoms with Crippen LogP contribution in [0, 0.1) is 0 Å². The summed E-state index contributed by atoms with van der Waals surface area (Å²) in [4.78, 5) is 21.5. The number of fused-ring (bicyclic) bond motifs is 1. The first-order valence-electron chi connectivity index (χ1n) is 11.2. The molecule has 0 atom stereocenters. The Hall–Kier alpha value is -3.08. The third-order valence-electron chi connectivity index (χ3n) is 6.08. The SMILES string of the molecule is CCNC(=O)C1(c2ccc(NS(=O)(=O)c3ccc4c(c3)CCCC4)cc2)CC1.O=C(O)C(F)(F)F. The van der Waals surface area contributed by atoms with Crippen molar-refractivity contribution in [3.63, 3.8) is 0 Å². The summed E-state index contributed by atoms with van der Waals surface area (Å²) in [7, 11) is -3.63. The lowest BCUT2D eigenvalue weighted by Crippen LogP contribution is -2.34. The molecule has 0 aliphatic heterocycles. The molecule has 2 aliphatic carbocycles. The number of nitrogens with one attached hydrogen (secondary N) is 2. The van der Waals surface area contributed by atoms with Gasteiger partial charge in [0.2, 0.25) is 5.91 Å². The van der Waals surface area contributed by atoms with E-state index in [0.717, 1.165) is 43.2 Å². The standard InChI is InChI=1S/C22H26N2O3S.C2HF3O2/c1-2-23-21(25)22(13-14-22)18-8-10-19(11-9-18)24-28(26,27)20-12-7-16-5-3-4-6-17(16)15-20;3-2(4,5)1(6)7/h7-12,15,24H,2-6,13-14H2,1H3,(H,23,25);(H,6,7). The second-order valence-electron chi connectivity index (χ2n) is 8.56. The Labute approximate surface area is 201 Å². The third-order valence-corrected chi connectivity index (χ3v) is 7.46. The summed E-state index contributed by atoms with van der Waals surface area (Å²) in [6.45, 7) is 2.52. The van der Waals surface area contributed by atoms with Crippen molar-refractivity contribution >= 4 is 27.6 Å². The summed E-state index contributed by atoms with van der Waals surface area (Å²) in [6.07, 6.45) is 0.825. The van der Waals surface area contributed by atoms with Crippen LogP contribution in [0.3, 0.4) is 0 Å². The van der Waals surface area contributed by atoms with E-state index < -0.39 is 27.6 Å². The highest BCUT2D eigenvalue weighted by Crippen LogP contribution is 2.48. The van der Waals surface area contributed by atoms with E-state index in [1.807, 2.05) is 25.1 Å². The van der Waals surface area contributed by atoms with Crippen LogP contribution < -0.4 is 10.0 Å². The highest BCUT2D eigenvalue weighted by Gasteiger charge is 2.50. The Balaban J connectivity index is 0.000000429. The highest BCUT2D eigenvalue weighted by molar-refractivity contribution is 7.92. The normalized spacial score (nSPS) is 16.2. The van der Waals surface area contributed by atoms with Gasteiger partial charge in [-0.05, 0) is 86.4 Å². The van der Waals surface area contributed by atoms with Gasteiger partial charge < -0.3 is 10.4 Å². The van der Waals surface area contributed by atoms with Crippen LogP contribution >= 0.6 is 0 Å². The number of hydrogen-bond acceptors (Lipinski definition) is 4. The minimum absolute atomic E-state index is 0.0531. The van der Waals surface area contributed by atoms with Gasteiger partial charge in [-0.2, -0.15) is 13.2 Å². The van der Waals surface area contributed by atoms with E-state index >= 15 is 0 Å². The number of aliphatic carboxylic acids is 1. The molecule has 190 valence electrons. The number of anilines is 1. The van der Waals surface area contributed by atoms with Crippen LogP contribution in [0.25, 0.3) is 0 Å². The van der Waals surface area contributed by atoms with Crippen LogP contribution in [-0.4, -0.2) is 38.1 Å². The molecule has 1 amide bonds. The van der Waals surface area contributed by atoms with Crippen LogP contribution in [0.15, 0.2) is 47.4 Å². The number of hydrogen-bond donors (Lipinski definition) is 3. The molecule has 0 heterocycles. The number of carboxylic acid groups (broad SMARTS) is 1. The number of likely N-dealkylation sites (N-methyl/N-ethyl adjacent to an activating group) is 1. The minimum Gasteiger partial charge on any atom is -0.475 e. The van der Waals surface area contributed by atoms with Gasteiger partial charge in [-0.3, -0.25) is 9.52 Å². The lowest BCUT2D eigenvalue weighted by atomic mass is 9.92. The van der Waals surface area contributed by atoms with Crippen LogP contribution in [0.5, 0.6) is 0 Å². The van der Waals surface area contributed by atoms with E-state index in [-0.39, 0.29) is 5.91 Å². The second-order valence-corrected chi connectivity index (χ2v) is 10.2. The number of benzene rings is 2. The Morgan fingerprint density at radius 3 is 2.09 bits per heavy atom. The first-order chi connectivity index (χ1) is 16.4. The number of aryl methyl sites for hydroxylation is 2. The smallest absolute Gasteiger partial charge is 0.475 e. The number of halogens is 3. The van der Waals surface area contributed by atoms with Crippen LogP contribution in [-0.2, 0) is 37.9 Å². The number of sulfonamides is 1. The predicted octanol–water partition coefficient (Wildman–Crippen LogP) is 4.17. The first kappa shape index (κ1) is 26.5. The van der Waals surface area contributed by atoms with Gasteiger partial charge in [0.1, 0.15) is 0 Å². The fourth-order valence-electron chi connectivity index (χ4n) is 4.05. The molecule has 35 heavy (non-hydrogen) atoms. The van der Waals surface area contributed by atoms with Crippen molar-refractivity contribution in [2.45, 2.75) is 61.9 Å². The zero-order valence-corrected chi connectivity index (χ0v) is 19.9. The number of alkyl halides is 3. The second kappa shape index (κ2) is 10.3. The van der Waals surface area contributed by atoms with Gasteiger partial charge in [0.15, 0.2) is 0 Å². The summed E-state index contributed by atoms with van der Waals surface area (Å²) >= 11 is 0. The molecule has 2 aromatic carbocycles. The molecule has 2 aliphatic rings. The third kappa shape index (κ3) is 6.33. The fourth-order valence-corrected chi connectivity index (χ4v) is 5.16. The quantitative estimate of drug-likeness (QED) is 0.538. The van der Waals surface area contributed by atoms with Crippen molar-refractivity contribution < 1.29 is 36.3 Å². The van der Waals surface area contributed by atoms with E-state index in [1.165, 1.54) is 12.0 Å². The summed E-state index contributed by atoms with van der Waals surface area (Å²) in [6, 6.07) is 12.6. The lowest BCUT2D eigenvalue weighted by Gasteiger charge is -2.17. The van der Waals surface area contributed by atoms with E-state index in [4.69, 9.17) is 9.90 Å². The number of carbonyl (C=O) groups is 2. The molecule has 0 saturated heterocycles. The predicted molar refractivity (Wildman–Crippen MR) is 124 cm³/mol. The molecule has 3 N–H and O–H groups in total. The van der Waals surface area contributed by atoms with Crippen molar-refractivity contribution in [3.8, 4) is 0 Å². The molecular weight excluding hydrogens is 485 g/mol. The highest BCUT2D eigenvalue weighted by atomic mass is 32.2. The summed E-state index contributed by atoms with van der Waals surface area (Å²) in [5.74, 6) is -2.70. The number of amides is 1. The van der Waals surface area contributed by atoms with E-state index in [9.17, 15) is 26.4 Å². The Bertz CT molecular complexity index is 1190. The van der Waals surface area contributed by atoms with E-state index in [1.54, 1.807) is 24.3 Å². The van der Waals surface area contributed by atoms with Crippen molar-refractivity contribution in [1.82, 2.24) is 5.32 Å². The number of rotatable bonds is 6. The summed E-state index contributed by atoms with van der Waals surface area (Å²) < 4.78 is 60.0. The Kier molecular flexibility index (Phi) is 7.78. The molecule has 0 spiro atoms. The molecule has 0 aromatic heterocycles. The van der Waals surface area contributed by atoms with Crippen LogP contribution in [0.4, 0.5) is 18.9 Å². The molecule has 1 fully saturated rings. The molecule has 1 saturated carbocycles. The van der Waals surface area contributed by atoms with Gasteiger partial charge >= 0.3 is 12.1 Å². The van der Waals surface area contributed by atoms with Crippen LogP contribution in [0.1, 0.15) is 49.3 Å². The topological polar surface area (TPSA) is 113 Å². The molecule has 0 unspecified atom stereocenters. The van der Waals surface area contributed by atoms with Crippen molar-refractivity contribution in [2.75, 3.05) is 11.3 Å². The van der Waals surface area contributed by atoms with Gasteiger partial charge in [0.25, 0.3) is 10.0 Å². The Morgan fingerprint density at radius 1 is 1.00 bits per heavy atom. The largest absolute Gasteiger partial charge is 0.490 e. The molecule has 0 radical (unpaired) electrons. The maximum absolute atomic E-state index is 12.8. The molecule has 4 rings (SSSR count). The van der Waals surface area contributed by atoms with Gasteiger partial charge in [-0.15, -0.1) is 0 Å². The number of carboxylic acids is 1. The van der Waals surface area contributed by atoms with E-state index in [2.05, 4.69) is 10.0 Å². The summed E-state index contributed by atoms with van der Waals surface area (Å²) in [5.41, 5.74) is 3.41. The van der Waals surface area contributed by atoms with Crippen molar-refractivity contribution in [2.24, 2.45) is 0 Å². The van der Waals surface area contributed by atoms with Gasteiger partial charge in [-0.25, -0.2) is 13.2 Å². The monoisotopic (exact) mass is 512 g/mol. The zero-order chi connectivity index (χ0) is 25.9. The first-order valence-corrected chi connectivity index (χ1v) is 12.7. The Morgan fingerprint density at radius 2 is 1.57 bits per heavy atom. The average Bonchev–Trinajstić information content (AvgIpc) is 3.61. The fraction of sp³-hybridized carbons (Fsp3) is 0.417. The van der Waals surface area contributed by atoms with E-state index in [0.29, 0.717) is 17.1 Å². The van der Waals surface area contributed by atoms with Gasteiger partial charge in [0, 0.05) is 12.2 Å². The van der Waals surface area contributed by atoms with Crippen LogP contribution in [0.2, 0.25) is 0 Å². The maximum Gasteiger partial charge on any atom is 0.490 e. The average molecular weight is 513 g/mol. The maximum atomic E-state index is 12.8. The zero-order valence-electron chi connectivity index (χ0n) is 19.1. The number of carbonyl (C=O) groups excluding carboxylic acids is 1.